The van der Waals surface area contributed by atoms with Crippen LogP contribution in [0.3, 0.4) is 0 Å². The fourth-order valence-corrected chi connectivity index (χ4v) is 3.74. The van der Waals surface area contributed by atoms with Crippen molar-refractivity contribution in [3.8, 4) is 0 Å². The topological polar surface area (TPSA) is 172 Å². The molecule has 0 fully saturated rings. The lowest BCUT2D eigenvalue weighted by Gasteiger charge is -2.11. The van der Waals surface area contributed by atoms with Crippen LogP contribution in [-0.2, 0) is 10.0 Å². The molecule has 0 radical (unpaired) electrons. The molecule has 1 aromatic heterocycles. The molecule has 176 valence electrons. The van der Waals surface area contributed by atoms with E-state index in [0.717, 1.165) is 11.4 Å². The van der Waals surface area contributed by atoms with Crippen LogP contribution in [0.4, 0.5) is 28.7 Å². The Balaban J connectivity index is 1.62. The van der Waals surface area contributed by atoms with Crippen LogP contribution < -0.4 is 32.7 Å². The highest BCUT2D eigenvalue weighted by molar-refractivity contribution is 7.90. The van der Waals surface area contributed by atoms with Gasteiger partial charge in [-0.05, 0) is 66.8 Å². The molecule has 2 aromatic carbocycles. The molecule has 0 aliphatic carbocycles. The predicted molar refractivity (Wildman–Crippen MR) is 139 cm³/mol. The molecule has 0 bridgehead atoms. The summed E-state index contributed by atoms with van der Waals surface area (Å²) >= 11 is 5.22. The Morgan fingerprint density at radius 3 is 2.18 bits per heavy atom. The fraction of sp³-hybridized carbons (Fsp3) is 0.0476. The van der Waals surface area contributed by atoms with E-state index < -0.39 is 16.0 Å². The first-order valence-corrected chi connectivity index (χ1v) is 11.7. The number of sulfonamides is 1. The van der Waals surface area contributed by atoms with Crippen molar-refractivity contribution in [1.29, 1.82) is 0 Å². The third-order valence-electron chi connectivity index (χ3n) is 4.11. The van der Waals surface area contributed by atoms with Crippen LogP contribution in [0.15, 0.2) is 82.6 Å². The minimum Gasteiger partial charge on any atom is -0.369 e. The summed E-state index contributed by atoms with van der Waals surface area (Å²) in [6, 6.07) is 16.9. The molecule has 34 heavy (non-hydrogen) atoms. The van der Waals surface area contributed by atoms with Gasteiger partial charge in [-0.3, -0.25) is 0 Å². The van der Waals surface area contributed by atoms with Crippen molar-refractivity contribution in [3.05, 3.63) is 73.3 Å². The zero-order valence-electron chi connectivity index (χ0n) is 17.9. The Labute approximate surface area is 202 Å². The van der Waals surface area contributed by atoms with Gasteiger partial charge in [-0.15, -0.1) is 21.2 Å². The predicted octanol–water partition coefficient (Wildman–Crippen LogP) is 2.40. The monoisotopic (exact) mass is 497 g/mol. The van der Waals surface area contributed by atoms with Gasteiger partial charge in [0.05, 0.1) is 4.90 Å². The SMILES string of the molecule is C=CCNC(=S)Nc1cccc(Nc2ccc(Nc3ccc(S(=O)(=O)N=C(N)N)cc3)nn2)c1. The van der Waals surface area contributed by atoms with Crippen LogP contribution in [0.5, 0.6) is 0 Å². The smallest absolute Gasteiger partial charge is 0.285 e. The van der Waals surface area contributed by atoms with E-state index in [0.29, 0.717) is 29.0 Å². The molecule has 0 atom stereocenters. The molecule has 8 N–H and O–H groups in total. The van der Waals surface area contributed by atoms with Gasteiger partial charge in [0.2, 0.25) is 5.96 Å². The van der Waals surface area contributed by atoms with Crippen molar-refractivity contribution < 1.29 is 8.42 Å². The van der Waals surface area contributed by atoms with E-state index in [1.54, 1.807) is 30.3 Å². The largest absolute Gasteiger partial charge is 0.369 e. The summed E-state index contributed by atoms with van der Waals surface area (Å²) in [5.41, 5.74) is 12.5. The van der Waals surface area contributed by atoms with Gasteiger partial charge in [0.15, 0.2) is 16.7 Å². The highest BCUT2D eigenvalue weighted by Gasteiger charge is 2.13. The number of nitrogens with one attached hydrogen (secondary N) is 4. The number of aromatic nitrogens is 2. The first-order valence-electron chi connectivity index (χ1n) is 9.85. The second-order valence-electron chi connectivity index (χ2n) is 6.77. The molecule has 0 amide bonds. The molecule has 0 aliphatic rings. The number of hydrogen-bond acceptors (Lipinski definition) is 7. The lowest BCUT2D eigenvalue weighted by Crippen LogP contribution is -2.28. The van der Waals surface area contributed by atoms with Gasteiger partial charge >= 0.3 is 0 Å². The van der Waals surface area contributed by atoms with Crippen LogP contribution in [-0.4, -0.2) is 36.2 Å². The van der Waals surface area contributed by atoms with E-state index in [4.69, 9.17) is 23.7 Å². The maximum absolute atomic E-state index is 12.0. The summed E-state index contributed by atoms with van der Waals surface area (Å²) in [5, 5.41) is 21.1. The molecule has 0 saturated heterocycles. The Hall–Kier alpha value is -4.23. The summed E-state index contributed by atoms with van der Waals surface area (Å²) in [5.74, 6) is 0.478. The van der Waals surface area contributed by atoms with Crippen molar-refractivity contribution in [2.45, 2.75) is 4.90 Å². The maximum atomic E-state index is 12.0. The maximum Gasteiger partial charge on any atom is 0.285 e. The quantitative estimate of drug-likeness (QED) is 0.111. The van der Waals surface area contributed by atoms with Gasteiger partial charge in [0.25, 0.3) is 10.0 Å². The van der Waals surface area contributed by atoms with E-state index in [-0.39, 0.29) is 4.90 Å². The van der Waals surface area contributed by atoms with Crippen LogP contribution >= 0.6 is 12.2 Å². The first-order chi connectivity index (χ1) is 16.2. The highest BCUT2D eigenvalue weighted by atomic mass is 32.2. The van der Waals surface area contributed by atoms with Gasteiger partial charge in [0.1, 0.15) is 0 Å². The van der Waals surface area contributed by atoms with Gasteiger partial charge in [-0.1, -0.05) is 12.1 Å². The number of guanidine groups is 1. The molecular formula is C21H23N9O2S2. The Bertz CT molecular complexity index is 1290. The van der Waals surface area contributed by atoms with E-state index in [1.807, 2.05) is 24.3 Å². The zero-order valence-corrected chi connectivity index (χ0v) is 19.5. The first kappa shape index (κ1) is 24.4. The van der Waals surface area contributed by atoms with Crippen LogP contribution in [0.1, 0.15) is 0 Å². The standard InChI is InChI=1S/C21H23N9O2S2/c1-2-12-24-21(33)27-16-5-3-4-15(13-16)26-19-11-10-18(28-29-19)25-14-6-8-17(9-7-14)34(31,32)30-20(22)23/h2-11,13H,1,12H2,(H,25,28)(H,26,29)(H4,22,23,30)(H2,24,27,33). The van der Waals surface area contributed by atoms with Gasteiger partial charge in [-0.2, -0.15) is 8.42 Å². The third-order valence-corrected chi connectivity index (χ3v) is 5.68. The summed E-state index contributed by atoms with van der Waals surface area (Å²) < 4.78 is 27.2. The van der Waals surface area contributed by atoms with E-state index >= 15 is 0 Å². The zero-order chi connectivity index (χ0) is 24.6. The van der Waals surface area contributed by atoms with Crippen molar-refractivity contribution in [2.24, 2.45) is 15.9 Å². The second-order valence-corrected chi connectivity index (χ2v) is 8.79. The van der Waals surface area contributed by atoms with E-state index in [1.165, 1.54) is 12.1 Å². The van der Waals surface area contributed by atoms with E-state index in [2.05, 4.69) is 42.4 Å². The highest BCUT2D eigenvalue weighted by Crippen LogP contribution is 2.21. The minimum absolute atomic E-state index is 0.0361. The minimum atomic E-state index is -3.94. The van der Waals surface area contributed by atoms with E-state index in [9.17, 15) is 8.42 Å². The fourth-order valence-electron chi connectivity index (χ4n) is 2.68. The summed E-state index contributed by atoms with van der Waals surface area (Å²) in [6.45, 7) is 4.21. The average Bonchev–Trinajstić information content (AvgIpc) is 2.79. The molecule has 3 aromatic rings. The number of nitrogens with two attached hydrogens (primary N) is 2. The molecule has 11 nitrogen and oxygen atoms in total. The molecule has 13 heteroatoms. The molecular weight excluding hydrogens is 474 g/mol. The Morgan fingerprint density at radius 2 is 1.59 bits per heavy atom. The molecule has 3 rings (SSSR count). The molecule has 0 aliphatic heterocycles. The lowest BCUT2D eigenvalue weighted by atomic mass is 10.2. The third kappa shape index (κ3) is 7.15. The number of nitrogens with zero attached hydrogens (tertiary/aromatic N) is 3. The molecule has 0 saturated carbocycles. The molecule has 1 heterocycles. The number of rotatable bonds is 9. The number of hydrogen-bond donors (Lipinski definition) is 6. The van der Waals surface area contributed by atoms with Crippen molar-refractivity contribution in [1.82, 2.24) is 15.5 Å². The molecule has 0 unspecified atom stereocenters. The van der Waals surface area contributed by atoms with Crippen LogP contribution in [0.25, 0.3) is 0 Å². The summed E-state index contributed by atoms with van der Waals surface area (Å²) in [6.07, 6.45) is 1.72. The van der Waals surface area contributed by atoms with Gasteiger partial charge in [-0.25, -0.2) is 0 Å². The van der Waals surface area contributed by atoms with Crippen molar-refractivity contribution in [3.63, 3.8) is 0 Å². The normalized spacial score (nSPS) is 10.6. The summed E-state index contributed by atoms with van der Waals surface area (Å²) in [4.78, 5) is -0.0361. The van der Waals surface area contributed by atoms with Gasteiger partial charge < -0.3 is 32.7 Å². The van der Waals surface area contributed by atoms with Crippen molar-refractivity contribution >= 4 is 62.0 Å². The number of benzene rings is 2. The van der Waals surface area contributed by atoms with Crippen LogP contribution in [0.2, 0.25) is 0 Å². The lowest BCUT2D eigenvalue weighted by molar-refractivity contribution is 0.598. The molecule has 0 spiro atoms. The van der Waals surface area contributed by atoms with Crippen LogP contribution in [0, 0.1) is 0 Å². The summed E-state index contributed by atoms with van der Waals surface area (Å²) in [7, 11) is -3.94. The Morgan fingerprint density at radius 1 is 0.971 bits per heavy atom. The number of thiocarbonyl (C=S) groups is 1. The Kier molecular flexibility index (Phi) is 7.95. The second kappa shape index (κ2) is 11.1. The number of anilines is 5. The van der Waals surface area contributed by atoms with Crippen molar-refractivity contribution in [2.75, 3.05) is 22.5 Å². The van der Waals surface area contributed by atoms with Gasteiger partial charge in [0, 0.05) is 23.6 Å². The average molecular weight is 498 g/mol.